The number of nitriles is 3. The van der Waals surface area contributed by atoms with Crippen LogP contribution in [0.4, 0.5) is 25.2 Å². The van der Waals surface area contributed by atoms with Gasteiger partial charge in [-0.05, 0) is 55.0 Å². The van der Waals surface area contributed by atoms with Crippen molar-refractivity contribution >= 4 is 7.81 Å². The summed E-state index contributed by atoms with van der Waals surface area (Å²) < 4.78 is 59.2. The molecule has 0 bridgehead atoms. The molecule has 0 aliphatic heterocycles. The monoisotopic (exact) mass is 706 g/mol. The van der Waals surface area contributed by atoms with Gasteiger partial charge in [0.25, 0.3) is 0 Å². The van der Waals surface area contributed by atoms with Crippen LogP contribution in [0.2, 0.25) is 0 Å². The summed E-state index contributed by atoms with van der Waals surface area (Å²) in [6, 6.07) is 23.6. The largest absolute Gasteiger partial charge is 0 e. The van der Waals surface area contributed by atoms with Gasteiger partial charge in [0.15, 0.2) is 0 Å². The third-order valence-electron chi connectivity index (χ3n) is 3.00. The van der Waals surface area contributed by atoms with Gasteiger partial charge in [-0.1, -0.05) is 12.1 Å². The molecule has 13 heteroatoms. The summed E-state index contributed by atoms with van der Waals surface area (Å²) in [6.45, 7) is 6.39. The zero-order valence-electron chi connectivity index (χ0n) is 19.7. The van der Waals surface area contributed by atoms with E-state index in [0.29, 0.717) is 0 Å². The number of pyridine rings is 2. The van der Waals surface area contributed by atoms with Crippen LogP contribution in [0.3, 0.4) is 0 Å². The zero-order chi connectivity index (χ0) is 27.6. The molecule has 0 saturated heterocycles. The second kappa shape index (κ2) is 16.3. The van der Waals surface area contributed by atoms with E-state index in [9.17, 15) is 25.2 Å². The minimum absolute atomic E-state index is 0. The molecule has 3 aromatic rings. The average molecular weight is 705 g/mol. The van der Waals surface area contributed by atoms with Crippen molar-refractivity contribution in [2.45, 2.75) is 27.7 Å². The fourth-order valence-electron chi connectivity index (χ4n) is 2.15. The van der Waals surface area contributed by atoms with Gasteiger partial charge in [-0.2, -0.15) is 15.8 Å². The summed E-state index contributed by atoms with van der Waals surface area (Å²) in [5, 5.41) is 22.0. The number of hydrogen-bond acceptors (Lipinski definition) is 5. The molecule has 3 rings (SSSR count). The van der Waals surface area contributed by atoms with Crippen LogP contribution >= 0.6 is 7.81 Å². The van der Waals surface area contributed by atoms with Crippen LogP contribution in [0.5, 0.6) is 0 Å². The van der Waals surface area contributed by atoms with Gasteiger partial charge in [-0.15, -0.1) is 0 Å². The van der Waals surface area contributed by atoms with E-state index in [0.717, 1.165) is 22.5 Å². The Bertz CT molecular complexity index is 1060. The van der Waals surface area contributed by atoms with Crippen LogP contribution in [0.15, 0.2) is 67.0 Å². The Labute approximate surface area is 219 Å². The van der Waals surface area contributed by atoms with Gasteiger partial charge < -0.3 is 0 Å². The van der Waals surface area contributed by atoms with Gasteiger partial charge >= 0.3 is 33.0 Å². The smallest absolute Gasteiger partial charge is 0 e. The Hall–Kier alpha value is -3.36. The Morgan fingerprint density at radius 3 is 1.14 bits per heavy atom. The summed E-state index contributed by atoms with van der Waals surface area (Å²) in [5.74, 6) is 0. The molecule has 0 spiro atoms. The Balaban J connectivity index is -0.000000536. The standard InChI is InChI=1S/C17H14N2.3C2H3N.F6P.Os/c1-13-10-14(16-6-2-4-8-18-16)12-15(11-13)17-7-3-5-9-19-17;3*1-2-3;1-7(2,3,4,5)6;/h2-12H,1H3;3*1H3;;/q;;;;-1;. The summed E-state index contributed by atoms with van der Waals surface area (Å²) in [6.07, 6.45) is 3.64. The number of rotatable bonds is 2. The van der Waals surface area contributed by atoms with Gasteiger partial charge in [0.05, 0.1) is 29.6 Å². The summed E-state index contributed by atoms with van der Waals surface area (Å²) in [4.78, 5) is 8.81. The first kappa shape index (κ1) is 37.2. The predicted molar refractivity (Wildman–Crippen MR) is 125 cm³/mol. The van der Waals surface area contributed by atoms with Crippen molar-refractivity contribution in [2.24, 2.45) is 0 Å². The van der Waals surface area contributed by atoms with Gasteiger partial charge in [0.1, 0.15) is 0 Å². The van der Waals surface area contributed by atoms with Crippen molar-refractivity contribution < 1.29 is 45.0 Å². The molecule has 196 valence electrons. The SMILES string of the molecule is CC#N.CC#N.CC#N.Cc1cc(-c2ccccn2)cc(-c2ccccn2)c1.F[P-](F)(F)(F)(F)F.[Os]. The molecule has 0 N–H and O–H groups in total. The third-order valence-corrected chi connectivity index (χ3v) is 3.00. The topological polar surface area (TPSA) is 97.2 Å². The number of aromatic nitrogens is 2. The van der Waals surface area contributed by atoms with E-state index in [1.807, 2.05) is 48.8 Å². The molecule has 0 atom stereocenters. The van der Waals surface area contributed by atoms with Crippen molar-refractivity contribution in [3.8, 4) is 40.7 Å². The summed E-state index contributed by atoms with van der Waals surface area (Å²) in [7, 11) is -10.7. The third kappa shape index (κ3) is 25.3. The Morgan fingerprint density at radius 1 is 0.639 bits per heavy atom. The number of benzene rings is 1. The average Bonchev–Trinajstić information content (AvgIpc) is 2.74. The van der Waals surface area contributed by atoms with Crippen LogP contribution in [0.1, 0.15) is 26.3 Å². The van der Waals surface area contributed by atoms with E-state index in [1.165, 1.54) is 26.3 Å². The first-order valence-electron chi connectivity index (χ1n) is 9.46. The number of halogens is 6. The van der Waals surface area contributed by atoms with Crippen LogP contribution in [-0.4, -0.2) is 9.97 Å². The molecule has 0 unspecified atom stereocenters. The minimum atomic E-state index is -10.7. The first-order chi connectivity index (χ1) is 16.0. The molecule has 2 aromatic heterocycles. The molecule has 0 aliphatic rings. The van der Waals surface area contributed by atoms with Gasteiger partial charge in [-0.25, -0.2) is 0 Å². The quantitative estimate of drug-likeness (QED) is 0.196. The number of hydrogen-bond donors (Lipinski definition) is 0. The van der Waals surface area contributed by atoms with E-state index in [4.69, 9.17) is 15.8 Å². The van der Waals surface area contributed by atoms with Crippen LogP contribution < -0.4 is 0 Å². The fourth-order valence-corrected chi connectivity index (χ4v) is 2.15. The second-order valence-electron chi connectivity index (χ2n) is 6.15. The predicted octanol–water partition coefficient (Wildman–Crippen LogP) is 9.09. The zero-order valence-corrected chi connectivity index (χ0v) is 23.1. The van der Waals surface area contributed by atoms with E-state index in [-0.39, 0.29) is 19.8 Å². The van der Waals surface area contributed by atoms with Crippen molar-refractivity contribution in [3.63, 3.8) is 0 Å². The molecule has 36 heavy (non-hydrogen) atoms. The van der Waals surface area contributed by atoms with Crippen molar-refractivity contribution in [1.82, 2.24) is 9.97 Å². The molecule has 2 heterocycles. The molecule has 0 radical (unpaired) electrons. The minimum Gasteiger partial charge on any atom is 0 e. The maximum Gasteiger partial charge on any atom is 0 e. The molecule has 0 saturated carbocycles. The molecular weight excluding hydrogens is 681 g/mol. The maximum atomic E-state index is 9.87. The normalized spacial score (nSPS) is 10.6. The van der Waals surface area contributed by atoms with Crippen LogP contribution in [0, 0.1) is 40.9 Å². The second-order valence-corrected chi connectivity index (χ2v) is 8.06. The van der Waals surface area contributed by atoms with Crippen molar-refractivity contribution in [3.05, 3.63) is 72.6 Å². The van der Waals surface area contributed by atoms with E-state index < -0.39 is 7.81 Å². The summed E-state index contributed by atoms with van der Waals surface area (Å²) >= 11 is 0. The number of aryl methyl sites for hydroxylation is 1. The maximum absolute atomic E-state index is 10.7. The molecular formula is C23H23F6N5OsP-. The molecule has 0 fully saturated rings. The summed E-state index contributed by atoms with van der Waals surface area (Å²) in [5.41, 5.74) is 5.44. The first-order valence-corrected chi connectivity index (χ1v) is 11.5. The van der Waals surface area contributed by atoms with E-state index >= 15 is 0 Å². The van der Waals surface area contributed by atoms with Crippen LogP contribution in [-0.2, 0) is 19.8 Å². The Kier molecular flexibility index (Phi) is 16.9. The molecule has 0 amide bonds. The van der Waals surface area contributed by atoms with Gasteiger partial charge in [-0.3, -0.25) is 9.97 Å². The Morgan fingerprint density at radius 2 is 0.917 bits per heavy atom. The van der Waals surface area contributed by atoms with Crippen molar-refractivity contribution in [1.29, 1.82) is 15.8 Å². The molecule has 1 aromatic carbocycles. The van der Waals surface area contributed by atoms with Gasteiger partial charge in [0.2, 0.25) is 0 Å². The fraction of sp³-hybridized carbons (Fsp3) is 0.174. The molecule has 5 nitrogen and oxygen atoms in total. The van der Waals surface area contributed by atoms with Gasteiger partial charge in [0, 0.05) is 64.1 Å². The van der Waals surface area contributed by atoms with E-state index in [1.54, 1.807) is 18.2 Å². The number of nitrogens with zero attached hydrogens (tertiary/aromatic N) is 5. The van der Waals surface area contributed by atoms with Crippen molar-refractivity contribution in [2.75, 3.05) is 0 Å². The molecule has 0 aliphatic carbocycles. The van der Waals surface area contributed by atoms with E-state index in [2.05, 4.69) is 35.1 Å². The van der Waals surface area contributed by atoms with Crippen LogP contribution in [0.25, 0.3) is 22.5 Å².